The number of hydrogen-bond donors (Lipinski definition) is 1. The van der Waals surface area contributed by atoms with Crippen molar-refractivity contribution in [1.82, 2.24) is 5.06 Å². The molecule has 0 spiro atoms. The molecule has 5 heteroatoms. The lowest BCUT2D eigenvalue weighted by Crippen LogP contribution is -2.33. The molecule has 0 aromatic rings. The van der Waals surface area contributed by atoms with Gasteiger partial charge in [-0.25, -0.2) is 9.59 Å². The fraction of sp³-hybridized carbons (Fsp3) is 0.882. The molecular weight excluding hydrogens is 282 g/mol. The third-order valence-electron chi connectivity index (χ3n) is 3.62. The van der Waals surface area contributed by atoms with Gasteiger partial charge in [0.15, 0.2) is 0 Å². The average molecular weight is 315 g/mol. The van der Waals surface area contributed by atoms with Crippen LogP contribution in [0.2, 0.25) is 0 Å². The highest BCUT2D eigenvalue weighted by atomic mass is 16.7. The first kappa shape index (κ1) is 20.7. The summed E-state index contributed by atoms with van der Waals surface area (Å²) >= 11 is 0. The van der Waals surface area contributed by atoms with Crippen LogP contribution in [0.5, 0.6) is 0 Å². The van der Waals surface area contributed by atoms with Gasteiger partial charge in [-0.05, 0) is 12.8 Å². The second-order valence-corrected chi connectivity index (χ2v) is 5.78. The Morgan fingerprint density at radius 1 is 0.818 bits per heavy atom. The van der Waals surface area contributed by atoms with Crippen LogP contribution in [0.25, 0.3) is 0 Å². The van der Waals surface area contributed by atoms with E-state index in [0.717, 1.165) is 37.2 Å². The first-order valence-corrected chi connectivity index (χ1v) is 8.83. The first-order chi connectivity index (χ1) is 10.6. The second-order valence-electron chi connectivity index (χ2n) is 5.78. The zero-order valence-corrected chi connectivity index (χ0v) is 14.3. The number of carbonyl (C=O) groups is 2. The molecule has 1 N–H and O–H groups in total. The zero-order valence-electron chi connectivity index (χ0n) is 14.3. The standard InChI is InChI=1S/C17H33NO4/c1-3-5-7-8-9-10-11-12-14-16(19)22-18(17(20)21)15-13-6-4-2/h3-15H2,1-2H3,(H,20,21). The molecule has 0 saturated carbocycles. The lowest BCUT2D eigenvalue weighted by Gasteiger charge is -2.17. The van der Waals surface area contributed by atoms with Gasteiger partial charge in [0.05, 0.1) is 6.54 Å². The van der Waals surface area contributed by atoms with Crippen LogP contribution in [0.4, 0.5) is 4.79 Å². The first-order valence-electron chi connectivity index (χ1n) is 8.83. The molecular formula is C17H33NO4. The van der Waals surface area contributed by atoms with E-state index in [0.29, 0.717) is 12.8 Å². The molecule has 0 saturated heterocycles. The van der Waals surface area contributed by atoms with Crippen LogP contribution in [0.3, 0.4) is 0 Å². The van der Waals surface area contributed by atoms with Gasteiger partial charge in [0.2, 0.25) is 0 Å². The Morgan fingerprint density at radius 2 is 1.32 bits per heavy atom. The number of carbonyl (C=O) groups excluding carboxylic acids is 1. The minimum atomic E-state index is -1.19. The van der Waals surface area contributed by atoms with Gasteiger partial charge >= 0.3 is 12.1 Å². The summed E-state index contributed by atoms with van der Waals surface area (Å²) in [5, 5.41) is 9.75. The van der Waals surface area contributed by atoms with E-state index in [9.17, 15) is 9.59 Å². The molecule has 0 aromatic carbocycles. The van der Waals surface area contributed by atoms with Crippen LogP contribution in [-0.2, 0) is 9.63 Å². The van der Waals surface area contributed by atoms with Gasteiger partial charge in [0.1, 0.15) is 0 Å². The van der Waals surface area contributed by atoms with E-state index in [-0.39, 0.29) is 6.54 Å². The van der Waals surface area contributed by atoms with Gasteiger partial charge < -0.3 is 9.94 Å². The molecule has 0 heterocycles. The van der Waals surface area contributed by atoms with Crippen molar-refractivity contribution in [3.63, 3.8) is 0 Å². The normalized spacial score (nSPS) is 10.5. The van der Waals surface area contributed by atoms with Crippen LogP contribution in [0, 0.1) is 0 Å². The molecule has 0 aromatic heterocycles. The van der Waals surface area contributed by atoms with E-state index in [2.05, 4.69) is 6.92 Å². The van der Waals surface area contributed by atoms with E-state index in [1.807, 2.05) is 6.92 Å². The molecule has 0 rings (SSSR count). The summed E-state index contributed by atoms with van der Waals surface area (Å²) in [4.78, 5) is 27.5. The summed E-state index contributed by atoms with van der Waals surface area (Å²) in [6, 6.07) is 0. The van der Waals surface area contributed by atoms with Crippen LogP contribution in [0.1, 0.15) is 90.9 Å². The Balaban J connectivity index is 3.66. The van der Waals surface area contributed by atoms with Gasteiger partial charge in [-0.2, -0.15) is 0 Å². The van der Waals surface area contributed by atoms with E-state index in [1.54, 1.807) is 0 Å². The minimum absolute atomic E-state index is 0.256. The Kier molecular flexibility index (Phi) is 13.8. The van der Waals surface area contributed by atoms with Crippen LogP contribution < -0.4 is 0 Å². The van der Waals surface area contributed by atoms with Crippen molar-refractivity contribution in [2.45, 2.75) is 90.9 Å². The van der Waals surface area contributed by atoms with Crippen molar-refractivity contribution in [1.29, 1.82) is 0 Å². The van der Waals surface area contributed by atoms with Gasteiger partial charge in [0, 0.05) is 6.42 Å². The Hall–Kier alpha value is -1.26. The number of rotatable bonds is 13. The maximum absolute atomic E-state index is 11.6. The van der Waals surface area contributed by atoms with Crippen LogP contribution in [0.15, 0.2) is 0 Å². The van der Waals surface area contributed by atoms with Crippen molar-refractivity contribution >= 4 is 12.1 Å². The predicted molar refractivity (Wildman–Crippen MR) is 87.6 cm³/mol. The molecule has 5 nitrogen and oxygen atoms in total. The number of carboxylic acid groups (broad SMARTS) is 1. The van der Waals surface area contributed by atoms with E-state index in [4.69, 9.17) is 9.94 Å². The summed E-state index contributed by atoms with van der Waals surface area (Å²) in [6.45, 7) is 4.50. The monoisotopic (exact) mass is 315 g/mol. The maximum atomic E-state index is 11.6. The van der Waals surface area contributed by atoms with E-state index in [1.165, 1.54) is 32.1 Å². The SMILES string of the molecule is CCCCCCCCCCC(=O)ON(CCCCC)C(=O)O. The highest BCUT2D eigenvalue weighted by Crippen LogP contribution is 2.10. The lowest BCUT2D eigenvalue weighted by atomic mass is 10.1. The summed E-state index contributed by atoms with van der Waals surface area (Å²) < 4.78 is 0. The smallest absolute Gasteiger partial charge is 0.440 e. The highest BCUT2D eigenvalue weighted by molar-refractivity contribution is 5.72. The molecule has 1 amide bonds. The topological polar surface area (TPSA) is 66.8 Å². The molecule has 0 unspecified atom stereocenters. The third kappa shape index (κ3) is 12.5. The fourth-order valence-electron chi connectivity index (χ4n) is 2.26. The van der Waals surface area contributed by atoms with Crippen molar-refractivity contribution in [2.75, 3.05) is 6.54 Å². The lowest BCUT2D eigenvalue weighted by molar-refractivity contribution is -0.180. The van der Waals surface area contributed by atoms with Crippen molar-refractivity contribution < 1.29 is 19.5 Å². The summed E-state index contributed by atoms with van der Waals surface area (Å²) in [5.74, 6) is -0.440. The molecule has 0 radical (unpaired) electrons. The quantitative estimate of drug-likeness (QED) is 0.377. The third-order valence-corrected chi connectivity index (χ3v) is 3.62. The number of nitrogens with zero attached hydrogens (tertiary/aromatic N) is 1. The summed E-state index contributed by atoms with van der Waals surface area (Å²) in [7, 11) is 0. The van der Waals surface area contributed by atoms with Crippen molar-refractivity contribution in [3.05, 3.63) is 0 Å². The summed E-state index contributed by atoms with van der Waals surface area (Å²) in [6.07, 6.45) is 11.0. The maximum Gasteiger partial charge on any atom is 0.440 e. The van der Waals surface area contributed by atoms with E-state index < -0.39 is 12.1 Å². The Bertz CT molecular complexity index is 294. The molecule has 0 aliphatic carbocycles. The molecule has 0 bridgehead atoms. The molecule has 22 heavy (non-hydrogen) atoms. The number of hydroxylamine groups is 2. The van der Waals surface area contributed by atoms with Gasteiger partial charge in [-0.1, -0.05) is 71.6 Å². The van der Waals surface area contributed by atoms with Crippen LogP contribution >= 0.6 is 0 Å². The van der Waals surface area contributed by atoms with Crippen LogP contribution in [-0.4, -0.2) is 28.8 Å². The fourth-order valence-corrected chi connectivity index (χ4v) is 2.26. The van der Waals surface area contributed by atoms with Crippen molar-refractivity contribution in [3.8, 4) is 0 Å². The predicted octanol–water partition coefficient (Wildman–Crippen LogP) is 5.15. The largest absolute Gasteiger partial charge is 0.463 e. The van der Waals surface area contributed by atoms with Gasteiger partial charge in [0.25, 0.3) is 0 Å². The highest BCUT2D eigenvalue weighted by Gasteiger charge is 2.16. The second kappa shape index (κ2) is 14.7. The zero-order chi connectivity index (χ0) is 16.6. The van der Waals surface area contributed by atoms with Gasteiger partial charge in [-0.15, -0.1) is 5.06 Å². The molecule has 130 valence electrons. The van der Waals surface area contributed by atoms with E-state index >= 15 is 0 Å². The van der Waals surface area contributed by atoms with Crippen molar-refractivity contribution in [2.24, 2.45) is 0 Å². The molecule has 0 fully saturated rings. The molecule has 0 aliphatic heterocycles. The minimum Gasteiger partial charge on any atom is -0.463 e. The number of hydrogen-bond acceptors (Lipinski definition) is 3. The number of unbranched alkanes of at least 4 members (excludes halogenated alkanes) is 9. The Labute approximate surface area is 135 Å². The Morgan fingerprint density at radius 3 is 1.86 bits per heavy atom. The summed E-state index contributed by atoms with van der Waals surface area (Å²) in [5.41, 5.74) is 0. The molecule has 0 aliphatic rings. The number of amides is 1. The van der Waals surface area contributed by atoms with Gasteiger partial charge in [-0.3, -0.25) is 0 Å². The average Bonchev–Trinajstić information content (AvgIpc) is 2.49. The molecule has 0 atom stereocenters.